The van der Waals surface area contributed by atoms with Crippen LogP contribution in [0.1, 0.15) is 38.9 Å². The lowest BCUT2D eigenvalue weighted by Crippen LogP contribution is -2.20. The molecule has 0 radical (unpaired) electrons. The molecular weight excluding hydrogens is 797 g/mol. The van der Waals surface area contributed by atoms with Gasteiger partial charge in [-0.05, 0) is 45.7 Å². The molecule has 0 aromatic heterocycles. The highest BCUT2D eigenvalue weighted by Gasteiger charge is 2.45. The first-order valence-corrected chi connectivity index (χ1v) is 14.6. The highest BCUT2D eigenvalue weighted by atomic mass is 127. The molecule has 1 aliphatic carbocycles. The lowest BCUT2D eigenvalue weighted by Gasteiger charge is -2.15. The van der Waals surface area contributed by atoms with Crippen LogP contribution in [-0.2, 0) is 0 Å². The Kier molecular flexibility index (Phi) is 9.79. The van der Waals surface area contributed by atoms with Gasteiger partial charge in [0.15, 0.2) is 46.5 Å². The van der Waals surface area contributed by atoms with E-state index >= 15 is 17.6 Å². The van der Waals surface area contributed by atoms with E-state index in [1.807, 2.05) is 6.07 Å². The molecule has 0 saturated heterocycles. The summed E-state index contributed by atoms with van der Waals surface area (Å²) in [5.74, 6) is -18.0. The van der Waals surface area contributed by atoms with Gasteiger partial charge in [0.2, 0.25) is 0 Å². The summed E-state index contributed by atoms with van der Waals surface area (Å²) in [4.78, 5) is 0. The van der Waals surface area contributed by atoms with Gasteiger partial charge in [0.25, 0.3) is 0 Å². The molecule has 48 heavy (non-hydrogen) atoms. The van der Waals surface area contributed by atoms with Crippen LogP contribution in [0, 0.1) is 125 Å². The predicted molar refractivity (Wildman–Crippen MR) is 167 cm³/mol. The van der Waals surface area contributed by atoms with Gasteiger partial charge in [0.05, 0.1) is 33.4 Å². The number of nitrogens with zero attached hydrogens (tertiary/aromatic N) is 6. The van der Waals surface area contributed by atoms with Crippen molar-refractivity contribution in [1.82, 2.24) is 0 Å². The molecule has 17 heteroatoms. The minimum Gasteiger partial charge on any atom is -0.203 e. The third-order valence-corrected chi connectivity index (χ3v) is 10.2. The van der Waals surface area contributed by atoms with Gasteiger partial charge in [-0.3, -0.25) is 0 Å². The molecule has 0 heterocycles. The van der Waals surface area contributed by atoms with Gasteiger partial charge in [-0.2, -0.15) is 31.6 Å². The van der Waals surface area contributed by atoms with E-state index in [0.29, 0.717) is 0 Å². The third kappa shape index (κ3) is 5.09. The fourth-order valence-electron chi connectivity index (χ4n) is 4.83. The number of nitriles is 6. The van der Waals surface area contributed by atoms with Crippen LogP contribution in [0.2, 0.25) is 0 Å². The Morgan fingerprint density at radius 2 is 0.771 bits per heavy atom. The zero-order chi connectivity index (χ0) is 36.1. The van der Waals surface area contributed by atoms with Crippen molar-refractivity contribution in [3.63, 3.8) is 0 Å². The van der Waals surface area contributed by atoms with Crippen LogP contribution in [0.25, 0.3) is 16.7 Å². The molecule has 234 valence electrons. The molecule has 1 aliphatic rings. The molecule has 0 amide bonds. The zero-order valence-corrected chi connectivity index (χ0v) is 27.7. The summed E-state index contributed by atoms with van der Waals surface area (Å²) in [6, 6.07) is 8.08. The van der Waals surface area contributed by atoms with Gasteiger partial charge in [-0.15, -0.1) is 18.5 Å². The Hall–Kier alpha value is -5.15. The van der Waals surface area contributed by atoms with E-state index in [1.165, 1.54) is 19.1 Å². The zero-order valence-electron chi connectivity index (χ0n) is 23.2. The molecule has 3 aromatic rings. The number of halogens is 9. The summed E-state index contributed by atoms with van der Waals surface area (Å²) >= 11 is 1.75. The van der Waals surface area contributed by atoms with Crippen LogP contribution in [-0.4, -0.2) is 0 Å². The number of allylic oxidation sites excluding steroid dienone is 6. The van der Waals surface area contributed by atoms with E-state index in [4.69, 9.17) is 10.5 Å². The summed E-state index contributed by atoms with van der Waals surface area (Å²) in [6.45, 7) is 1.47. The Labute approximate surface area is 283 Å². The Morgan fingerprint density at radius 3 is 1.04 bits per heavy atom. The summed E-state index contributed by atoms with van der Waals surface area (Å²) in [5, 5.41) is 58.3. The van der Waals surface area contributed by atoms with Crippen molar-refractivity contribution in [2.24, 2.45) is 0 Å². The minimum absolute atomic E-state index is 0.0678. The second-order valence-electron chi connectivity index (χ2n) is 9.45. The minimum atomic E-state index is -2.27. The lowest BCUT2D eigenvalue weighted by molar-refractivity contribution is 0.446. The monoisotopic (exact) mass is 804 g/mol. The summed E-state index contributed by atoms with van der Waals surface area (Å²) < 4.78 is 120. The molecule has 3 aromatic carbocycles. The molecule has 0 aliphatic heterocycles. The van der Waals surface area contributed by atoms with Gasteiger partial charge in [0, 0.05) is 25.9 Å². The topological polar surface area (TPSA) is 143 Å². The molecule has 0 bridgehead atoms. The van der Waals surface area contributed by atoms with Crippen LogP contribution in [0.5, 0.6) is 0 Å². The van der Waals surface area contributed by atoms with Crippen molar-refractivity contribution in [3.8, 4) is 36.4 Å². The average Bonchev–Trinajstić information content (AvgIpc) is 3.78. The first kappa shape index (κ1) is 35.7. The molecular formula is C31H7F8IN6P2. The van der Waals surface area contributed by atoms with Gasteiger partial charge >= 0.3 is 0 Å². The van der Waals surface area contributed by atoms with Crippen LogP contribution in [0.15, 0.2) is 16.7 Å². The maximum Gasteiger partial charge on any atom is 0.180 e. The summed E-state index contributed by atoms with van der Waals surface area (Å²) in [6.07, 6.45) is 0. The maximum absolute atomic E-state index is 15.2. The van der Waals surface area contributed by atoms with Crippen molar-refractivity contribution in [2.45, 2.75) is 6.92 Å². The van der Waals surface area contributed by atoms with Crippen molar-refractivity contribution in [2.75, 3.05) is 0 Å². The highest BCUT2D eigenvalue weighted by molar-refractivity contribution is 14.1. The van der Waals surface area contributed by atoms with Crippen molar-refractivity contribution in [1.29, 1.82) is 31.6 Å². The lowest BCUT2D eigenvalue weighted by atomic mass is 9.98. The molecule has 0 spiro atoms. The van der Waals surface area contributed by atoms with Gasteiger partial charge in [0.1, 0.15) is 47.5 Å². The fraction of sp³-hybridized carbons (Fsp3) is 0.0323. The van der Waals surface area contributed by atoms with E-state index in [1.54, 1.807) is 28.7 Å². The van der Waals surface area contributed by atoms with Crippen LogP contribution in [0.3, 0.4) is 0 Å². The van der Waals surface area contributed by atoms with E-state index in [-0.39, 0.29) is 30.9 Å². The first-order valence-electron chi connectivity index (χ1n) is 12.4. The molecule has 2 atom stereocenters. The number of hydrogen-bond donors (Lipinski definition) is 0. The molecule has 1 saturated carbocycles. The number of benzene rings is 3. The Bertz CT molecular complexity index is 2080. The van der Waals surface area contributed by atoms with Gasteiger partial charge < -0.3 is 0 Å². The van der Waals surface area contributed by atoms with E-state index in [0.717, 1.165) is 12.1 Å². The second kappa shape index (κ2) is 13.2. The van der Waals surface area contributed by atoms with Crippen molar-refractivity contribution >= 4 is 68.4 Å². The quantitative estimate of drug-likeness (QED) is 0.0964. The molecule has 4 rings (SSSR count). The first-order chi connectivity index (χ1) is 22.6. The van der Waals surface area contributed by atoms with Crippen LogP contribution >= 0.6 is 41.1 Å². The third-order valence-electron chi connectivity index (χ3n) is 7.16. The smallest absolute Gasteiger partial charge is 0.180 e. The fourth-order valence-corrected chi connectivity index (χ4v) is 6.67. The van der Waals surface area contributed by atoms with Crippen molar-refractivity contribution in [3.05, 3.63) is 106 Å². The van der Waals surface area contributed by atoms with E-state index in [9.17, 15) is 38.6 Å². The van der Waals surface area contributed by atoms with Crippen LogP contribution < -0.4 is 10.6 Å². The SMILES string of the molecule is Cc1c(P)c(C(C#N)=C2C(=C(C#N)c3c(F)c(F)c(C#N)c(F)c3F)C2=C(C#N)c2c(F)c(F)c(C#N)c(F)c2F)c(P)c(I)c1C#N. The van der Waals surface area contributed by atoms with Gasteiger partial charge in [-0.25, -0.2) is 35.1 Å². The number of rotatable bonds is 3. The molecule has 2 unspecified atom stereocenters. The van der Waals surface area contributed by atoms with Gasteiger partial charge in [-0.1, -0.05) is 0 Å². The second-order valence-corrected chi connectivity index (χ2v) is 11.7. The number of hydrogen-bond acceptors (Lipinski definition) is 6. The standard InChI is InChI=1S/C31H7F8IN6P2/c1-8-9(2-41)29(40)31(48)20(30(8)47)12(5-44)17-15(10(3-42)18-25(36)21(32)13(6-45)22(33)26(18)37)16(17)11(4-43)19-27(38)23(34)14(7-46)24(35)28(19)39/h47-48H2,1H3. The Balaban J connectivity index is 2.38. The van der Waals surface area contributed by atoms with Crippen molar-refractivity contribution < 1.29 is 35.1 Å². The molecule has 0 N–H and O–H groups in total. The normalized spacial score (nSPS) is 13.8. The van der Waals surface area contributed by atoms with E-state index in [2.05, 4.69) is 18.5 Å². The molecule has 6 nitrogen and oxygen atoms in total. The molecule has 1 fully saturated rings. The highest BCUT2D eigenvalue weighted by Crippen LogP contribution is 2.57. The Morgan fingerprint density at radius 1 is 0.479 bits per heavy atom. The summed E-state index contributed by atoms with van der Waals surface area (Å²) in [7, 11) is 4.47. The van der Waals surface area contributed by atoms with E-state index < -0.39 is 102 Å². The average molecular weight is 804 g/mol. The largest absolute Gasteiger partial charge is 0.203 e. The summed E-state index contributed by atoms with van der Waals surface area (Å²) in [5.41, 5.74) is -12.2. The van der Waals surface area contributed by atoms with Crippen LogP contribution in [0.4, 0.5) is 35.1 Å². The maximum atomic E-state index is 15.2. The predicted octanol–water partition coefficient (Wildman–Crippen LogP) is 6.57.